The number of carbonyl (C=O) groups excluding carboxylic acids is 1. The summed E-state index contributed by atoms with van der Waals surface area (Å²) >= 11 is 0. The van der Waals surface area contributed by atoms with Gasteiger partial charge in [0.15, 0.2) is 5.65 Å². The van der Waals surface area contributed by atoms with E-state index in [1.807, 2.05) is 37.4 Å². The predicted octanol–water partition coefficient (Wildman–Crippen LogP) is 1.62. The molecule has 1 fully saturated rings. The van der Waals surface area contributed by atoms with E-state index in [1.165, 1.54) is 6.33 Å². The van der Waals surface area contributed by atoms with Crippen LogP contribution < -0.4 is 10.6 Å². The molecule has 2 N–H and O–H groups in total. The van der Waals surface area contributed by atoms with Crippen molar-refractivity contribution in [3.63, 3.8) is 0 Å². The second kappa shape index (κ2) is 6.16. The van der Waals surface area contributed by atoms with Gasteiger partial charge < -0.3 is 10.6 Å². The average Bonchev–Trinajstić information content (AvgIpc) is 3.38. The fourth-order valence-electron chi connectivity index (χ4n) is 3.16. The van der Waals surface area contributed by atoms with E-state index >= 15 is 0 Å². The average molecular weight is 336 g/mol. The number of anilines is 1. The van der Waals surface area contributed by atoms with Crippen molar-refractivity contribution >= 4 is 22.8 Å². The van der Waals surface area contributed by atoms with Gasteiger partial charge in [-0.05, 0) is 18.4 Å². The van der Waals surface area contributed by atoms with E-state index in [0.29, 0.717) is 13.1 Å². The van der Waals surface area contributed by atoms with Crippen molar-refractivity contribution in [1.29, 1.82) is 0 Å². The van der Waals surface area contributed by atoms with Crippen molar-refractivity contribution in [3.8, 4) is 0 Å². The van der Waals surface area contributed by atoms with Gasteiger partial charge in [0.05, 0.1) is 17.0 Å². The molecule has 2 aromatic heterocycles. The molecule has 1 saturated carbocycles. The molecule has 0 bridgehead atoms. The van der Waals surface area contributed by atoms with Crippen LogP contribution in [0, 0.1) is 0 Å². The van der Waals surface area contributed by atoms with Crippen molar-refractivity contribution in [2.45, 2.75) is 18.3 Å². The molecule has 4 rings (SSSR count). The summed E-state index contributed by atoms with van der Waals surface area (Å²) in [5.74, 6) is 0.839. The van der Waals surface area contributed by atoms with Crippen LogP contribution in [0.15, 0.2) is 42.9 Å². The summed E-state index contributed by atoms with van der Waals surface area (Å²) in [7, 11) is 1.85. The van der Waals surface area contributed by atoms with Crippen LogP contribution >= 0.6 is 0 Å². The Morgan fingerprint density at radius 2 is 2.00 bits per heavy atom. The standard InChI is InChI=1S/C18H20N6O/c1-24-16-14(11-23-24)15(21-12-22-16)19-9-10-20-17(25)18(7-8-18)13-5-3-2-4-6-13/h2-6,11-12H,7-10H2,1H3,(H,20,25)(H,19,21,22). The molecule has 3 aromatic rings. The van der Waals surface area contributed by atoms with Gasteiger partial charge in [-0.3, -0.25) is 9.48 Å². The first-order chi connectivity index (χ1) is 12.2. The molecule has 7 nitrogen and oxygen atoms in total. The number of nitrogens with zero attached hydrogens (tertiary/aromatic N) is 4. The van der Waals surface area contributed by atoms with E-state index in [4.69, 9.17) is 0 Å². The second-order valence-corrected chi connectivity index (χ2v) is 6.36. The van der Waals surface area contributed by atoms with Gasteiger partial charge in [-0.15, -0.1) is 0 Å². The third-order valence-corrected chi connectivity index (χ3v) is 4.74. The number of aromatic nitrogens is 4. The number of nitrogens with one attached hydrogen (secondary N) is 2. The first-order valence-corrected chi connectivity index (χ1v) is 8.41. The molecule has 0 atom stereocenters. The molecule has 0 radical (unpaired) electrons. The van der Waals surface area contributed by atoms with Crippen LogP contribution in [0.1, 0.15) is 18.4 Å². The summed E-state index contributed by atoms with van der Waals surface area (Å²) in [5.41, 5.74) is 1.56. The maximum Gasteiger partial charge on any atom is 0.230 e. The van der Waals surface area contributed by atoms with E-state index in [9.17, 15) is 4.79 Å². The Bertz CT molecular complexity index is 900. The molecule has 1 aromatic carbocycles. The number of carbonyl (C=O) groups is 1. The topological polar surface area (TPSA) is 84.7 Å². The number of aryl methyl sites for hydroxylation is 1. The normalized spacial score (nSPS) is 15.1. The first kappa shape index (κ1) is 15.6. The van der Waals surface area contributed by atoms with Crippen molar-refractivity contribution in [2.75, 3.05) is 18.4 Å². The van der Waals surface area contributed by atoms with Gasteiger partial charge >= 0.3 is 0 Å². The van der Waals surface area contributed by atoms with Crippen molar-refractivity contribution in [1.82, 2.24) is 25.1 Å². The Hall–Kier alpha value is -2.96. The number of benzene rings is 1. The molecule has 7 heteroatoms. The Morgan fingerprint density at radius 3 is 2.76 bits per heavy atom. The van der Waals surface area contributed by atoms with Gasteiger partial charge in [-0.25, -0.2) is 9.97 Å². The quantitative estimate of drug-likeness (QED) is 0.668. The summed E-state index contributed by atoms with van der Waals surface area (Å²) < 4.78 is 1.71. The molecule has 2 heterocycles. The van der Waals surface area contributed by atoms with Gasteiger partial charge in [0.2, 0.25) is 5.91 Å². The maximum atomic E-state index is 12.6. The molecule has 0 aliphatic heterocycles. The SMILES string of the molecule is Cn1ncc2c(NCCNC(=O)C3(c4ccccc4)CC3)ncnc21. The number of fused-ring (bicyclic) bond motifs is 1. The lowest BCUT2D eigenvalue weighted by molar-refractivity contribution is -0.123. The molecule has 128 valence electrons. The van der Waals surface area contributed by atoms with Crippen LogP contribution in [0.3, 0.4) is 0 Å². The van der Waals surface area contributed by atoms with Crippen molar-refractivity contribution in [2.24, 2.45) is 7.05 Å². The van der Waals surface area contributed by atoms with Gasteiger partial charge in [0.25, 0.3) is 0 Å². The summed E-state index contributed by atoms with van der Waals surface area (Å²) in [5, 5.41) is 11.4. The second-order valence-electron chi connectivity index (χ2n) is 6.36. The van der Waals surface area contributed by atoms with E-state index in [0.717, 1.165) is 35.3 Å². The monoisotopic (exact) mass is 336 g/mol. The number of amides is 1. The molecular formula is C18H20N6O. The largest absolute Gasteiger partial charge is 0.368 e. The molecule has 1 aliphatic carbocycles. The zero-order chi connectivity index (χ0) is 17.3. The lowest BCUT2D eigenvalue weighted by Crippen LogP contribution is -2.37. The number of hydrogen-bond acceptors (Lipinski definition) is 5. The lowest BCUT2D eigenvalue weighted by atomic mass is 9.95. The Morgan fingerprint density at radius 1 is 1.20 bits per heavy atom. The van der Waals surface area contributed by atoms with Crippen LogP contribution in [0.25, 0.3) is 11.0 Å². The van der Waals surface area contributed by atoms with E-state index < -0.39 is 0 Å². The minimum atomic E-state index is -0.327. The van der Waals surface area contributed by atoms with E-state index in [1.54, 1.807) is 10.9 Å². The first-order valence-electron chi connectivity index (χ1n) is 8.41. The fraction of sp³-hybridized carbons (Fsp3) is 0.333. The predicted molar refractivity (Wildman–Crippen MR) is 95.2 cm³/mol. The molecular weight excluding hydrogens is 316 g/mol. The van der Waals surface area contributed by atoms with Crippen molar-refractivity contribution in [3.05, 3.63) is 48.4 Å². The summed E-state index contributed by atoms with van der Waals surface area (Å²) in [6, 6.07) is 10.0. The van der Waals surface area contributed by atoms with Gasteiger partial charge in [0, 0.05) is 20.1 Å². The summed E-state index contributed by atoms with van der Waals surface area (Å²) in [6.45, 7) is 1.14. The third-order valence-electron chi connectivity index (χ3n) is 4.74. The van der Waals surface area contributed by atoms with Crippen LogP contribution in [-0.2, 0) is 17.3 Å². The minimum Gasteiger partial charge on any atom is -0.368 e. The summed E-state index contributed by atoms with van der Waals surface area (Å²) in [4.78, 5) is 21.0. The molecule has 0 saturated heterocycles. The highest BCUT2D eigenvalue weighted by atomic mass is 16.2. The highest BCUT2D eigenvalue weighted by molar-refractivity contribution is 5.91. The Balaban J connectivity index is 1.34. The Kier molecular flexibility index (Phi) is 3.83. The van der Waals surface area contributed by atoms with Gasteiger partial charge in [-0.1, -0.05) is 30.3 Å². The zero-order valence-electron chi connectivity index (χ0n) is 14.1. The molecule has 0 unspecified atom stereocenters. The smallest absolute Gasteiger partial charge is 0.230 e. The lowest BCUT2D eigenvalue weighted by Gasteiger charge is -2.16. The van der Waals surface area contributed by atoms with E-state index in [-0.39, 0.29) is 11.3 Å². The highest BCUT2D eigenvalue weighted by Gasteiger charge is 2.50. The summed E-state index contributed by atoms with van der Waals surface area (Å²) in [6.07, 6.45) is 5.08. The Labute approximate surface area is 145 Å². The fourth-order valence-corrected chi connectivity index (χ4v) is 3.16. The van der Waals surface area contributed by atoms with Gasteiger partial charge in [-0.2, -0.15) is 5.10 Å². The number of rotatable bonds is 6. The van der Waals surface area contributed by atoms with Crippen LogP contribution in [-0.4, -0.2) is 38.7 Å². The molecule has 0 spiro atoms. The van der Waals surface area contributed by atoms with Gasteiger partial charge in [0.1, 0.15) is 12.1 Å². The van der Waals surface area contributed by atoms with Crippen LogP contribution in [0.5, 0.6) is 0 Å². The molecule has 25 heavy (non-hydrogen) atoms. The van der Waals surface area contributed by atoms with E-state index in [2.05, 4.69) is 25.7 Å². The highest BCUT2D eigenvalue weighted by Crippen LogP contribution is 2.48. The molecule has 1 amide bonds. The maximum absolute atomic E-state index is 12.6. The van der Waals surface area contributed by atoms with Crippen LogP contribution in [0.2, 0.25) is 0 Å². The third kappa shape index (κ3) is 2.82. The zero-order valence-corrected chi connectivity index (χ0v) is 14.1. The van der Waals surface area contributed by atoms with Crippen LogP contribution in [0.4, 0.5) is 5.82 Å². The van der Waals surface area contributed by atoms with Crippen molar-refractivity contribution < 1.29 is 4.79 Å². The molecule has 1 aliphatic rings. The minimum absolute atomic E-state index is 0.106. The number of hydrogen-bond donors (Lipinski definition) is 2.